The van der Waals surface area contributed by atoms with Gasteiger partial charge < -0.3 is 29.0 Å². The summed E-state index contributed by atoms with van der Waals surface area (Å²) in [6.07, 6.45) is 1.60. The molecule has 4 atom stereocenters. The molecule has 0 saturated carbocycles. The van der Waals surface area contributed by atoms with Gasteiger partial charge >= 0.3 is 0 Å². The molecule has 146 valence electrons. The molecule has 10 nitrogen and oxygen atoms in total. The van der Waals surface area contributed by atoms with Crippen molar-refractivity contribution in [3.05, 3.63) is 12.7 Å². The molecule has 10 heteroatoms. The van der Waals surface area contributed by atoms with E-state index in [4.69, 9.17) is 18.9 Å². The third-order valence-corrected chi connectivity index (χ3v) is 5.23. The van der Waals surface area contributed by atoms with Crippen molar-refractivity contribution in [2.45, 2.75) is 44.2 Å². The second kappa shape index (κ2) is 6.35. The Morgan fingerprint density at radius 3 is 2.70 bits per heavy atom. The maximum absolute atomic E-state index is 9.70. The summed E-state index contributed by atoms with van der Waals surface area (Å²) in [5, 5.41) is 9.70. The van der Waals surface area contributed by atoms with Crippen LogP contribution in [0.1, 0.15) is 20.1 Å². The molecular weight excluding hydrogens is 354 g/mol. The van der Waals surface area contributed by atoms with Gasteiger partial charge in [0.2, 0.25) is 0 Å². The van der Waals surface area contributed by atoms with Gasteiger partial charge in [0.1, 0.15) is 24.6 Å². The molecule has 5 heterocycles. The lowest BCUT2D eigenvalue weighted by atomic mass is 10.1. The number of imidazole rings is 1. The van der Waals surface area contributed by atoms with Crippen LogP contribution in [-0.2, 0) is 18.9 Å². The number of ether oxygens (including phenoxy) is 4. The number of morpholine rings is 1. The number of hydrogen-bond acceptors (Lipinski definition) is 9. The molecule has 0 unspecified atom stereocenters. The molecule has 0 aliphatic carbocycles. The zero-order valence-corrected chi connectivity index (χ0v) is 15.3. The Kier molecular flexibility index (Phi) is 4.06. The minimum Gasteiger partial charge on any atom is -0.394 e. The van der Waals surface area contributed by atoms with Crippen molar-refractivity contribution in [1.29, 1.82) is 0 Å². The Bertz CT molecular complexity index is 836. The zero-order chi connectivity index (χ0) is 18.6. The van der Waals surface area contributed by atoms with E-state index < -0.39 is 18.1 Å². The SMILES string of the molecule is CC1(C)O[C@@H]2[C@H](O1)[C@@H](CO)O[C@H]2n1cnc2c(N3CCOCC3)ncnc21. The second-order valence-electron chi connectivity index (χ2n) is 7.43. The van der Waals surface area contributed by atoms with Crippen LogP contribution < -0.4 is 4.90 Å². The summed E-state index contributed by atoms with van der Waals surface area (Å²) < 4.78 is 25.3. The fourth-order valence-corrected chi connectivity index (χ4v) is 4.06. The first-order chi connectivity index (χ1) is 13.1. The molecule has 0 amide bonds. The van der Waals surface area contributed by atoms with Gasteiger partial charge in [0.25, 0.3) is 0 Å². The molecule has 3 saturated heterocycles. The first-order valence-corrected chi connectivity index (χ1v) is 9.19. The normalized spacial score (nSPS) is 32.9. The lowest BCUT2D eigenvalue weighted by molar-refractivity contribution is -0.199. The number of hydrogen-bond donors (Lipinski definition) is 1. The van der Waals surface area contributed by atoms with Crippen molar-refractivity contribution in [3.63, 3.8) is 0 Å². The smallest absolute Gasteiger partial charge is 0.167 e. The minimum atomic E-state index is -0.727. The predicted octanol–water partition coefficient (Wildman–Crippen LogP) is 0.0727. The highest BCUT2D eigenvalue weighted by atomic mass is 16.8. The quantitative estimate of drug-likeness (QED) is 0.796. The number of anilines is 1. The van der Waals surface area contributed by atoms with E-state index in [1.165, 1.54) is 6.33 Å². The largest absolute Gasteiger partial charge is 0.394 e. The van der Waals surface area contributed by atoms with Crippen molar-refractivity contribution < 1.29 is 24.1 Å². The Morgan fingerprint density at radius 2 is 1.93 bits per heavy atom. The Balaban J connectivity index is 1.52. The molecule has 5 rings (SSSR count). The third kappa shape index (κ3) is 2.79. The first-order valence-electron chi connectivity index (χ1n) is 9.19. The van der Waals surface area contributed by atoms with Crippen LogP contribution >= 0.6 is 0 Å². The van der Waals surface area contributed by atoms with Crippen LogP contribution in [0.2, 0.25) is 0 Å². The maximum atomic E-state index is 9.70. The van der Waals surface area contributed by atoms with Gasteiger partial charge in [-0.2, -0.15) is 0 Å². The van der Waals surface area contributed by atoms with E-state index in [2.05, 4.69) is 19.9 Å². The fourth-order valence-electron chi connectivity index (χ4n) is 4.06. The molecule has 1 N–H and O–H groups in total. The van der Waals surface area contributed by atoms with Crippen molar-refractivity contribution in [3.8, 4) is 0 Å². The fraction of sp³-hybridized carbons (Fsp3) is 0.706. The molecule has 3 aliphatic heterocycles. The minimum absolute atomic E-state index is 0.141. The van der Waals surface area contributed by atoms with Crippen molar-refractivity contribution in [2.24, 2.45) is 0 Å². The Labute approximate surface area is 156 Å². The Morgan fingerprint density at radius 1 is 1.15 bits per heavy atom. The predicted molar refractivity (Wildman–Crippen MR) is 93.2 cm³/mol. The number of rotatable bonds is 3. The van der Waals surface area contributed by atoms with Gasteiger partial charge in [0, 0.05) is 13.1 Å². The zero-order valence-electron chi connectivity index (χ0n) is 15.3. The van der Waals surface area contributed by atoms with Crippen LogP contribution in [0.25, 0.3) is 11.2 Å². The summed E-state index contributed by atoms with van der Waals surface area (Å²) in [4.78, 5) is 15.6. The van der Waals surface area contributed by atoms with E-state index in [-0.39, 0.29) is 18.8 Å². The lowest BCUT2D eigenvalue weighted by Crippen LogP contribution is -2.37. The summed E-state index contributed by atoms with van der Waals surface area (Å²) >= 11 is 0. The van der Waals surface area contributed by atoms with E-state index in [1.54, 1.807) is 6.33 Å². The summed E-state index contributed by atoms with van der Waals surface area (Å²) in [5.41, 5.74) is 1.38. The van der Waals surface area contributed by atoms with Crippen LogP contribution in [0.15, 0.2) is 12.7 Å². The molecule has 2 aromatic rings. The number of aliphatic hydroxyl groups excluding tert-OH is 1. The average molecular weight is 377 g/mol. The average Bonchev–Trinajstić information content (AvgIpc) is 3.32. The molecule has 0 bridgehead atoms. The standard InChI is InChI=1S/C17H23N5O5/c1-17(2)26-12-10(7-23)25-16(13(12)27-17)22-9-20-11-14(18-8-19-15(11)22)21-3-5-24-6-4-21/h8-10,12-13,16,23H,3-7H2,1-2H3/t10-,12-,13-,16-/m1/s1. The van der Waals surface area contributed by atoms with Crippen molar-refractivity contribution in [2.75, 3.05) is 37.8 Å². The van der Waals surface area contributed by atoms with Crippen molar-refractivity contribution in [1.82, 2.24) is 19.5 Å². The number of aromatic nitrogens is 4. The highest BCUT2D eigenvalue weighted by Gasteiger charge is 2.56. The van der Waals surface area contributed by atoms with Crippen LogP contribution in [-0.4, -0.2) is 81.6 Å². The van der Waals surface area contributed by atoms with Crippen LogP contribution in [0.4, 0.5) is 5.82 Å². The molecule has 0 radical (unpaired) electrons. The molecule has 27 heavy (non-hydrogen) atoms. The van der Waals surface area contributed by atoms with E-state index in [9.17, 15) is 5.11 Å². The monoisotopic (exact) mass is 377 g/mol. The van der Waals surface area contributed by atoms with Crippen LogP contribution in [0.5, 0.6) is 0 Å². The highest BCUT2D eigenvalue weighted by molar-refractivity contribution is 5.83. The van der Waals surface area contributed by atoms with E-state index in [0.29, 0.717) is 24.4 Å². The number of fused-ring (bicyclic) bond motifs is 2. The molecule has 0 spiro atoms. The van der Waals surface area contributed by atoms with Gasteiger partial charge in [-0.3, -0.25) is 4.57 Å². The van der Waals surface area contributed by atoms with Gasteiger partial charge in [0.05, 0.1) is 26.1 Å². The van der Waals surface area contributed by atoms with Gasteiger partial charge in [0.15, 0.2) is 29.0 Å². The molecular formula is C17H23N5O5. The first kappa shape index (κ1) is 17.3. The topological polar surface area (TPSA) is 104 Å². The molecule has 3 fully saturated rings. The van der Waals surface area contributed by atoms with Gasteiger partial charge in [-0.1, -0.05) is 0 Å². The second-order valence-corrected chi connectivity index (χ2v) is 7.43. The summed E-state index contributed by atoms with van der Waals surface area (Å²) in [5.74, 6) is 0.0639. The third-order valence-electron chi connectivity index (χ3n) is 5.23. The molecule has 3 aliphatic rings. The molecule has 0 aromatic carbocycles. The van der Waals surface area contributed by atoms with Gasteiger partial charge in [-0.25, -0.2) is 15.0 Å². The Hall–Kier alpha value is -1.85. The van der Waals surface area contributed by atoms with Crippen molar-refractivity contribution >= 4 is 17.0 Å². The summed E-state index contributed by atoms with van der Waals surface area (Å²) in [6.45, 7) is 6.45. The van der Waals surface area contributed by atoms with Gasteiger partial charge in [-0.05, 0) is 13.8 Å². The summed E-state index contributed by atoms with van der Waals surface area (Å²) in [6, 6.07) is 0. The highest BCUT2D eigenvalue weighted by Crippen LogP contribution is 2.43. The lowest BCUT2D eigenvalue weighted by Gasteiger charge is -2.27. The maximum Gasteiger partial charge on any atom is 0.167 e. The number of aliphatic hydroxyl groups is 1. The van der Waals surface area contributed by atoms with Crippen LogP contribution in [0, 0.1) is 0 Å². The van der Waals surface area contributed by atoms with Crippen LogP contribution in [0.3, 0.4) is 0 Å². The van der Waals surface area contributed by atoms with E-state index in [0.717, 1.165) is 18.9 Å². The van der Waals surface area contributed by atoms with Gasteiger partial charge in [-0.15, -0.1) is 0 Å². The van der Waals surface area contributed by atoms with E-state index in [1.807, 2.05) is 18.4 Å². The number of nitrogens with zero attached hydrogens (tertiary/aromatic N) is 5. The summed E-state index contributed by atoms with van der Waals surface area (Å²) in [7, 11) is 0. The van der Waals surface area contributed by atoms with E-state index >= 15 is 0 Å². The molecule has 2 aromatic heterocycles.